The van der Waals surface area contributed by atoms with Gasteiger partial charge in [0.25, 0.3) is 0 Å². The minimum atomic E-state index is -0.566. The fraction of sp³-hybridized carbons (Fsp3) is 0.395. The Morgan fingerprint density at radius 2 is 1.50 bits per heavy atom. The highest BCUT2D eigenvalue weighted by atomic mass is 16.7. The first-order valence-corrected chi connectivity index (χ1v) is 18.8. The van der Waals surface area contributed by atoms with Crippen LogP contribution < -0.4 is 25.8 Å². The molecule has 5 N–H and O–H groups in total. The number of nitrogens with two attached hydrogens (primary N) is 1. The summed E-state index contributed by atoms with van der Waals surface area (Å²) in [6.07, 6.45) is 3.76. The lowest BCUT2D eigenvalue weighted by atomic mass is 9.97. The van der Waals surface area contributed by atoms with Gasteiger partial charge >= 0.3 is 0 Å². The molecule has 11 nitrogen and oxygen atoms in total. The van der Waals surface area contributed by atoms with Gasteiger partial charge in [-0.2, -0.15) is 0 Å². The van der Waals surface area contributed by atoms with Crippen molar-refractivity contribution >= 4 is 23.2 Å². The van der Waals surface area contributed by atoms with Crippen LogP contribution in [0.2, 0.25) is 0 Å². The zero-order valence-electron chi connectivity index (χ0n) is 31.2. The van der Waals surface area contributed by atoms with E-state index >= 15 is 0 Å². The summed E-state index contributed by atoms with van der Waals surface area (Å²) in [5.74, 6) is 1.39. The zero-order chi connectivity index (χ0) is 37.9. The number of nitrogens with zero attached hydrogens (tertiary/aromatic N) is 1. The van der Waals surface area contributed by atoms with Crippen LogP contribution in [0, 0.1) is 0 Å². The number of aliphatic hydroxyl groups excluding tert-OH is 1. The van der Waals surface area contributed by atoms with Crippen LogP contribution in [-0.4, -0.2) is 55.2 Å². The second-order valence-electron chi connectivity index (χ2n) is 14.0. The summed E-state index contributed by atoms with van der Waals surface area (Å²) in [6.45, 7) is 2.86. The number of nitrogen functional groups attached to an aromatic ring is 1. The maximum Gasteiger partial charge on any atom is 0.224 e. The quantitative estimate of drug-likeness (QED) is 0.0740. The second-order valence-corrected chi connectivity index (χ2v) is 14.0. The highest BCUT2D eigenvalue weighted by Gasteiger charge is 2.34. The summed E-state index contributed by atoms with van der Waals surface area (Å²) in [5, 5.41) is 15.4. The predicted molar refractivity (Wildman–Crippen MR) is 208 cm³/mol. The fourth-order valence-corrected chi connectivity index (χ4v) is 7.07. The standard InChI is InChI=1S/C43H52N4O7/c1-51-39-22-33-20-21-47(26-34(33)23-40(39)52-2)27-35-24-38(31-16-14-30(28-48)15-17-31)54-43(53-35)32-18-12-29(13-19-32)25-45-41(49)10-4-3-5-11-42(50)46-37-9-7-6-8-36(37)44/h6-9,12-19,22-23,35,38,43,48H,3-5,10-11,20-21,24-28,44H2,1-2H3,(H,45,49)(H,46,50)/t35-,38+,43+/m1/s1. The van der Waals surface area contributed by atoms with Crippen LogP contribution in [0.1, 0.15) is 84.3 Å². The van der Waals surface area contributed by atoms with Gasteiger partial charge in [0.15, 0.2) is 17.8 Å². The second kappa shape index (κ2) is 18.9. The fourth-order valence-electron chi connectivity index (χ4n) is 7.07. The Morgan fingerprint density at radius 1 is 0.833 bits per heavy atom. The maximum atomic E-state index is 12.6. The summed E-state index contributed by atoms with van der Waals surface area (Å²) < 4.78 is 24.3. The topological polar surface area (TPSA) is 145 Å². The number of aliphatic hydroxyl groups is 1. The van der Waals surface area contributed by atoms with Crippen molar-refractivity contribution in [2.75, 3.05) is 38.4 Å². The van der Waals surface area contributed by atoms with Crippen LogP contribution in [0.25, 0.3) is 0 Å². The molecule has 286 valence electrons. The first kappa shape index (κ1) is 38.8. The number of carbonyl (C=O) groups is 2. The zero-order valence-corrected chi connectivity index (χ0v) is 31.2. The van der Waals surface area contributed by atoms with Gasteiger partial charge in [0.2, 0.25) is 11.8 Å². The van der Waals surface area contributed by atoms with Gasteiger partial charge in [-0.1, -0.05) is 67.1 Å². The highest BCUT2D eigenvalue weighted by molar-refractivity contribution is 5.93. The first-order valence-electron chi connectivity index (χ1n) is 18.8. The van der Waals surface area contributed by atoms with Crippen molar-refractivity contribution in [3.05, 3.63) is 118 Å². The van der Waals surface area contributed by atoms with E-state index < -0.39 is 6.29 Å². The first-order chi connectivity index (χ1) is 26.3. The van der Waals surface area contributed by atoms with Gasteiger partial charge in [-0.3, -0.25) is 14.5 Å². The molecule has 2 heterocycles. The number of benzene rings is 4. The molecule has 0 bridgehead atoms. The largest absolute Gasteiger partial charge is 0.493 e. The molecule has 0 aromatic heterocycles. The molecular formula is C43H52N4O7. The molecule has 1 saturated heterocycles. The molecule has 1 fully saturated rings. The van der Waals surface area contributed by atoms with Crippen LogP contribution in [-0.2, 0) is 45.2 Å². The molecule has 0 radical (unpaired) electrons. The number of anilines is 2. The Hall–Kier alpha value is -4.94. The summed E-state index contributed by atoms with van der Waals surface area (Å²) >= 11 is 0. The molecule has 11 heteroatoms. The third-order valence-corrected chi connectivity index (χ3v) is 10.2. The number of hydrogen-bond acceptors (Lipinski definition) is 9. The molecule has 0 saturated carbocycles. The number of rotatable bonds is 16. The van der Waals surface area contributed by atoms with E-state index in [0.717, 1.165) is 66.2 Å². The summed E-state index contributed by atoms with van der Waals surface area (Å²) in [5.41, 5.74) is 13.4. The number of amides is 2. The average Bonchev–Trinajstić information content (AvgIpc) is 3.20. The van der Waals surface area contributed by atoms with Crippen molar-refractivity contribution in [3.8, 4) is 11.5 Å². The van der Waals surface area contributed by atoms with E-state index in [1.807, 2.05) is 60.7 Å². The van der Waals surface area contributed by atoms with Crippen molar-refractivity contribution in [2.24, 2.45) is 0 Å². The van der Waals surface area contributed by atoms with Crippen molar-refractivity contribution in [3.63, 3.8) is 0 Å². The molecule has 2 amide bonds. The molecule has 4 aromatic carbocycles. The van der Waals surface area contributed by atoms with E-state index in [1.54, 1.807) is 26.4 Å². The van der Waals surface area contributed by atoms with Gasteiger partial charge in [0, 0.05) is 51.0 Å². The highest BCUT2D eigenvalue weighted by Crippen LogP contribution is 2.39. The number of hydrogen-bond donors (Lipinski definition) is 4. The third-order valence-electron chi connectivity index (χ3n) is 10.2. The lowest BCUT2D eigenvalue weighted by molar-refractivity contribution is -0.253. The Kier molecular flexibility index (Phi) is 13.6. The Bertz CT molecular complexity index is 1850. The minimum absolute atomic E-state index is 0.00767. The van der Waals surface area contributed by atoms with Crippen molar-refractivity contribution in [1.82, 2.24) is 10.2 Å². The molecular weight excluding hydrogens is 684 g/mol. The summed E-state index contributed by atoms with van der Waals surface area (Å²) in [6, 6.07) is 27.3. The van der Waals surface area contributed by atoms with E-state index in [4.69, 9.17) is 24.7 Å². The summed E-state index contributed by atoms with van der Waals surface area (Å²) in [7, 11) is 3.33. The van der Waals surface area contributed by atoms with Crippen LogP contribution >= 0.6 is 0 Å². The maximum absolute atomic E-state index is 12.6. The molecule has 4 aromatic rings. The normalized spacial score (nSPS) is 18.4. The molecule has 0 spiro atoms. The number of para-hydroxylation sites is 2. The van der Waals surface area contributed by atoms with E-state index in [-0.39, 0.29) is 30.6 Å². The lowest BCUT2D eigenvalue weighted by Gasteiger charge is -2.39. The number of fused-ring (bicyclic) bond motifs is 1. The van der Waals surface area contributed by atoms with E-state index in [0.29, 0.717) is 50.0 Å². The van der Waals surface area contributed by atoms with Crippen molar-refractivity contribution in [2.45, 2.75) is 83.1 Å². The van der Waals surface area contributed by atoms with Gasteiger partial charge in [0.05, 0.1) is 44.4 Å². The smallest absolute Gasteiger partial charge is 0.224 e. The molecule has 6 rings (SSSR count). The third kappa shape index (κ3) is 10.4. The molecule has 2 aliphatic heterocycles. The van der Waals surface area contributed by atoms with Gasteiger partial charge in [-0.05, 0) is 71.3 Å². The summed E-state index contributed by atoms with van der Waals surface area (Å²) in [4.78, 5) is 27.2. The molecule has 0 unspecified atom stereocenters. The van der Waals surface area contributed by atoms with Crippen molar-refractivity contribution < 1.29 is 33.6 Å². The lowest BCUT2D eigenvalue weighted by Crippen LogP contribution is -2.41. The molecule has 3 atom stereocenters. The number of unbranched alkanes of at least 4 members (excludes halogenated alkanes) is 2. The number of carbonyl (C=O) groups excluding carboxylic acids is 2. The van der Waals surface area contributed by atoms with Crippen LogP contribution in [0.3, 0.4) is 0 Å². The molecule has 54 heavy (non-hydrogen) atoms. The van der Waals surface area contributed by atoms with Gasteiger partial charge in [-0.15, -0.1) is 0 Å². The van der Waals surface area contributed by atoms with Crippen LogP contribution in [0.15, 0.2) is 84.9 Å². The minimum Gasteiger partial charge on any atom is -0.493 e. The van der Waals surface area contributed by atoms with E-state index in [9.17, 15) is 14.7 Å². The molecule has 2 aliphatic rings. The van der Waals surface area contributed by atoms with Crippen LogP contribution in [0.5, 0.6) is 11.5 Å². The molecule has 0 aliphatic carbocycles. The predicted octanol–water partition coefficient (Wildman–Crippen LogP) is 6.59. The average molecular weight is 737 g/mol. The van der Waals surface area contributed by atoms with Crippen LogP contribution in [0.4, 0.5) is 11.4 Å². The van der Waals surface area contributed by atoms with E-state index in [2.05, 4.69) is 27.7 Å². The number of nitrogens with one attached hydrogen (secondary N) is 2. The van der Waals surface area contributed by atoms with Crippen molar-refractivity contribution in [1.29, 1.82) is 0 Å². The Balaban J connectivity index is 1.01. The number of ether oxygens (including phenoxy) is 4. The van der Waals surface area contributed by atoms with E-state index in [1.165, 1.54) is 11.1 Å². The van der Waals surface area contributed by atoms with Gasteiger partial charge in [-0.25, -0.2) is 0 Å². The van der Waals surface area contributed by atoms with Gasteiger partial charge < -0.3 is 40.4 Å². The number of methoxy groups -OCH3 is 2. The Labute approximate surface area is 317 Å². The SMILES string of the molecule is COc1cc2c(cc1OC)CN(C[C@H]1C[C@@H](c3ccc(CO)cc3)O[C@@H](c3ccc(CNC(=O)CCCCCC(=O)Nc4ccccc4N)cc3)O1)CC2. The monoisotopic (exact) mass is 736 g/mol. The Morgan fingerprint density at radius 3 is 2.20 bits per heavy atom. The van der Waals surface area contributed by atoms with Gasteiger partial charge in [0.1, 0.15) is 0 Å².